The second kappa shape index (κ2) is 8.81. The van der Waals surface area contributed by atoms with E-state index in [4.69, 9.17) is 4.42 Å². The number of aromatic amines is 1. The van der Waals surface area contributed by atoms with Crippen LogP contribution in [0.5, 0.6) is 0 Å². The van der Waals surface area contributed by atoms with Gasteiger partial charge >= 0.3 is 0 Å². The highest BCUT2D eigenvalue weighted by Gasteiger charge is 2.33. The summed E-state index contributed by atoms with van der Waals surface area (Å²) >= 11 is 0. The molecule has 0 aliphatic carbocycles. The lowest BCUT2D eigenvalue weighted by atomic mass is 9.86. The van der Waals surface area contributed by atoms with E-state index >= 15 is 0 Å². The van der Waals surface area contributed by atoms with E-state index in [9.17, 15) is 9.18 Å². The predicted octanol–water partition coefficient (Wildman–Crippen LogP) is 5.54. The van der Waals surface area contributed by atoms with E-state index in [1.54, 1.807) is 12.3 Å². The van der Waals surface area contributed by atoms with Gasteiger partial charge in [0.15, 0.2) is 11.5 Å². The summed E-state index contributed by atoms with van der Waals surface area (Å²) in [5.41, 5.74) is 4.65. The highest BCUT2D eigenvalue weighted by Crippen LogP contribution is 2.32. The highest BCUT2D eigenvalue weighted by atomic mass is 19.1. The van der Waals surface area contributed by atoms with Gasteiger partial charge in [-0.25, -0.2) is 9.37 Å². The number of H-pyrrole nitrogens is 1. The number of benzene rings is 2. The number of likely N-dealkylation sites (tertiary alicyclic amines) is 1. The van der Waals surface area contributed by atoms with Crippen LogP contribution in [0.2, 0.25) is 0 Å². The van der Waals surface area contributed by atoms with E-state index in [-0.39, 0.29) is 17.8 Å². The first-order valence-corrected chi connectivity index (χ1v) is 11.5. The van der Waals surface area contributed by atoms with E-state index in [1.165, 1.54) is 12.1 Å². The fourth-order valence-electron chi connectivity index (χ4n) is 4.91. The second-order valence-electron chi connectivity index (χ2n) is 8.98. The summed E-state index contributed by atoms with van der Waals surface area (Å²) in [6.07, 6.45) is 6.96. The lowest BCUT2D eigenvalue weighted by Crippen LogP contribution is -2.48. The number of rotatable bonds is 5. The number of carbonyl (C=O) groups is 1. The van der Waals surface area contributed by atoms with Crippen molar-refractivity contribution in [2.24, 2.45) is 5.92 Å². The Labute approximate surface area is 191 Å². The van der Waals surface area contributed by atoms with Gasteiger partial charge in [-0.1, -0.05) is 24.6 Å². The van der Waals surface area contributed by atoms with Crippen molar-refractivity contribution >= 4 is 17.0 Å². The van der Waals surface area contributed by atoms with E-state index in [0.29, 0.717) is 34.9 Å². The quantitative estimate of drug-likeness (QED) is 0.437. The van der Waals surface area contributed by atoms with Crippen molar-refractivity contribution in [3.8, 4) is 11.1 Å². The zero-order chi connectivity index (χ0) is 22.9. The molecule has 33 heavy (non-hydrogen) atoms. The van der Waals surface area contributed by atoms with Crippen molar-refractivity contribution in [1.29, 1.82) is 0 Å². The molecule has 0 saturated carbocycles. The standard InChI is InChI=1S/C26H27FN4O2/c1-16-5-7-20(18-14-28-29-15-18)21(12-16)26(32)31-11-3-4-17(2)23(31)8-10-25-30-22-13-19(27)6-9-24(22)33-25/h5-7,9,12-15,17,23H,3-4,8,10-11H2,1-2H3,(H,28,29)/t17-,23-/m1/s1. The van der Waals surface area contributed by atoms with Gasteiger partial charge in [0.2, 0.25) is 0 Å². The first kappa shape index (κ1) is 21.4. The number of aromatic nitrogens is 3. The average Bonchev–Trinajstić information content (AvgIpc) is 3.47. The minimum atomic E-state index is -0.327. The van der Waals surface area contributed by atoms with Crippen LogP contribution in [0.1, 0.15) is 48.0 Å². The van der Waals surface area contributed by atoms with Gasteiger partial charge in [0.1, 0.15) is 11.3 Å². The number of aryl methyl sites for hydroxylation is 2. The Morgan fingerprint density at radius 2 is 2.15 bits per heavy atom. The monoisotopic (exact) mass is 446 g/mol. The molecule has 1 N–H and O–H groups in total. The average molecular weight is 447 g/mol. The molecular weight excluding hydrogens is 419 g/mol. The van der Waals surface area contributed by atoms with E-state index < -0.39 is 0 Å². The molecule has 1 saturated heterocycles. The summed E-state index contributed by atoms with van der Waals surface area (Å²) in [4.78, 5) is 20.3. The third-order valence-electron chi connectivity index (χ3n) is 6.64. The lowest BCUT2D eigenvalue weighted by Gasteiger charge is -2.40. The summed E-state index contributed by atoms with van der Waals surface area (Å²) in [5, 5.41) is 6.90. The molecule has 2 aromatic carbocycles. The molecule has 3 heterocycles. The van der Waals surface area contributed by atoms with Crippen molar-refractivity contribution in [2.45, 2.75) is 45.6 Å². The summed E-state index contributed by atoms with van der Waals surface area (Å²) in [5.74, 6) is 0.666. The van der Waals surface area contributed by atoms with Gasteiger partial charge in [-0.05, 0) is 55.9 Å². The summed E-state index contributed by atoms with van der Waals surface area (Å²) in [6.45, 7) is 4.94. The number of nitrogens with one attached hydrogen (secondary N) is 1. The summed E-state index contributed by atoms with van der Waals surface area (Å²) < 4.78 is 19.3. The normalized spacial score (nSPS) is 18.7. The Kier molecular flexibility index (Phi) is 5.70. The first-order chi connectivity index (χ1) is 16.0. The van der Waals surface area contributed by atoms with Crippen LogP contribution in [0, 0.1) is 18.7 Å². The van der Waals surface area contributed by atoms with Gasteiger partial charge < -0.3 is 9.32 Å². The summed E-state index contributed by atoms with van der Waals surface area (Å²) in [6, 6.07) is 10.4. The molecule has 0 bridgehead atoms. The SMILES string of the molecule is Cc1ccc(-c2cn[nH]c2)c(C(=O)N2CCC[C@@H](C)[C@H]2CCc2nc3cc(F)ccc3o2)c1. The number of fused-ring (bicyclic) bond motifs is 1. The minimum absolute atomic E-state index is 0.0473. The third kappa shape index (κ3) is 4.27. The number of hydrogen-bond donors (Lipinski definition) is 1. The van der Waals surface area contributed by atoms with Gasteiger partial charge in [0.25, 0.3) is 5.91 Å². The van der Waals surface area contributed by atoms with Crippen molar-refractivity contribution in [2.75, 3.05) is 6.54 Å². The van der Waals surface area contributed by atoms with Crippen LogP contribution in [0.25, 0.3) is 22.2 Å². The van der Waals surface area contributed by atoms with Crippen LogP contribution >= 0.6 is 0 Å². The number of carbonyl (C=O) groups excluding carboxylic acids is 1. The smallest absolute Gasteiger partial charge is 0.254 e. The number of amides is 1. The maximum absolute atomic E-state index is 13.8. The number of halogens is 1. The lowest BCUT2D eigenvalue weighted by molar-refractivity contribution is 0.0497. The molecule has 7 heteroatoms. The topological polar surface area (TPSA) is 75.0 Å². The van der Waals surface area contributed by atoms with Gasteiger partial charge in [0, 0.05) is 42.4 Å². The molecule has 0 radical (unpaired) electrons. The number of hydrogen-bond acceptors (Lipinski definition) is 4. The molecule has 170 valence electrons. The number of oxazole rings is 1. The molecule has 2 aromatic heterocycles. The number of nitrogens with zero attached hydrogens (tertiary/aromatic N) is 3. The number of piperidine rings is 1. The van der Waals surface area contributed by atoms with Crippen LogP contribution in [-0.4, -0.2) is 38.6 Å². The molecular formula is C26H27FN4O2. The molecule has 4 aromatic rings. The van der Waals surface area contributed by atoms with Crippen LogP contribution in [0.4, 0.5) is 4.39 Å². The zero-order valence-corrected chi connectivity index (χ0v) is 18.8. The Bertz CT molecular complexity index is 1280. The van der Waals surface area contributed by atoms with E-state index in [1.807, 2.05) is 36.2 Å². The molecule has 1 aliphatic rings. The molecule has 1 amide bonds. The van der Waals surface area contributed by atoms with Gasteiger partial charge in [-0.3, -0.25) is 9.89 Å². The second-order valence-corrected chi connectivity index (χ2v) is 8.98. The molecule has 0 spiro atoms. The fraction of sp³-hybridized carbons (Fsp3) is 0.346. The van der Waals surface area contributed by atoms with E-state index in [0.717, 1.165) is 42.5 Å². The highest BCUT2D eigenvalue weighted by molar-refractivity contribution is 6.01. The van der Waals surface area contributed by atoms with Crippen LogP contribution < -0.4 is 0 Å². The summed E-state index contributed by atoms with van der Waals surface area (Å²) in [7, 11) is 0. The first-order valence-electron chi connectivity index (χ1n) is 11.5. The Balaban J connectivity index is 1.40. The molecule has 1 aliphatic heterocycles. The van der Waals surface area contributed by atoms with Crippen molar-refractivity contribution in [3.63, 3.8) is 0 Å². The van der Waals surface area contributed by atoms with Gasteiger partial charge in [-0.2, -0.15) is 5.10 Å². The Morgan fingerprint density at radius 3 is 2.97 bits per heavy atom. The van der Waals surface area contributed by atoms with Crippen LogP contribution in [0.15, 0.2) is 53.2 Å². The van der Waals surface area contributed by atoms with Crippen molar-refractivity contribution < 1.29 is 13.6 Å². The Morgan fingerprint density at radius 1 is 1.27 bits per heavy atom. The maximum Gasteiger partial charge on any atom is 0.254 e. The zero-order valence-electron chi connectivity index (χ0n) is 18.8. The predicted molar refractivity (Wildman–Crippen MR) is 124 cm³/mol. The third-order valence-corrected chi connectivity index (χ3v) is 6.64. The van der Waals surface area contributed by atoms with Gasteiger partial charge in [-0.15, -0.1) is 0 Å². The molecule has 0 unspecified atom stereocenters. The fourth-order valence-corrected chi connectivity index (χ4v) is 4.91. The van der Waals surface area contributed by atoms with E-state index in [2.05, 4.69) is 22.1 Å². The molecule has 6 nitrogen and oxygen atoms in total. The maximum atomic E-state index is 13.8. The molecule has 5 rings (SSSR count). The Hall–Kier alpha value is -3.48. The largest absolute Gasteiger partial charge is 0.441 e. The van der Waals surface area contributed by atoms with Gasteiger partial charge in [0.05, 0.1) is 6.20 Å². The minimum Gasteiger partial charge on any atom is -0.441 e. The molecule has 1 fully saturated rings. The van der Waals surface area contributed by atoms with Crippen molar-refractivity contribution in [1.82, 2.24) is 20.1 Å². The van der Waals surface area contributed by atoms with Crippen LogP contribution in [-0.2, 0) is 6.42 Å². The van der Waals surface area contributed by atoms with Crippen LogP contribution in [0.3, 0.4) is 0 Å². The molecule has 2 atom stereocenters. The van der Waals surface area contributed by atoms with Crippen molar-refractivity contribution in [3.05, 3.63) is 71.6 Å².